The molecule has 0 fully saturated rings. The highest BCUT2D eigenvalue weighted by atomic mass is 16.5. The minimum atomic E-state index is 0.158. The van der Waals surface area contributed by atoms with Crippen molar-refractivity contribution >= 4 is 11.6 Å². The fourth-order valence-corrected chi connectivity index (χ4v) is 1.54. The van der Waals surface area contributed by atoms with Crippen molar-refractivity contribution < 1.29 is 4.74 Å². The summed E-state index contributed by atoms with van der Waals surface area (Å²) in [6.07, 6.45) is 2.02. The molecule has 1 rings (SSSR count). The molecule has 0 aliphatic heterocycles. The highest BCUT2D eigenvalue weighted by Crippen LogP contribution is 2.09. The second-order valence-electron chi connectivity index (χ2n) is 3.99. The topological polar surface area (TPSA) is 73.1 Å². The molecule has 96 valence electrons. The molecule has 0 saturated heterocycles. The van der Waals surface area contributed by atoms with Crippen LogP contribution in [0.3, 0.4) is 0 Å². The van der Waals surface area contributed by atoms with Crippen LogP contribution in [0.5, 0.6) is 0 Å². The number of anilines is 2. The van der Waals surface area contributed by atoms with Crippen LogP contribution in [-0.4, -0.2) is 29.2 Å². The lowest BCUT2D eigenvalue weighted by molar-refractivity contribution is 0.0855. The molecule has 0 aliphatic rings. The smallest absolute Gasteiger partial charge is 0.133 e. The van der Waals surface area contributed by atoms with E-state index in [9.17, 15) is 0 Å². The van der Waals surface area contributed by atoms with Crippen molar-refractivity contribution in [3.05, 3.63) is 11.9 Å². The predicted octanol–water partition coefficient (Wildman–Crippen LogP) is 1.85. The number of hydrogen-bond acceptors (Lipinski definition) is 5. The number of nitrogens with one attached hydrogen (secondary N) is 1. The van der Waals surface area contributed by atoms with E-state index >= 15 is 0 Å². The van der Waals surface area contributed by atoms with Gasteiger partial charge in [-0.05, 0) is 20.3 Å². The van der Waals surface area contributed by atoms with Gasteiger partial charge in [0.05, 0.1) is 6.10 Å². The summed E-state index contributed by atoms with van der Waals surface area (Å²) in [4.78, 5) is 8.58. The van der Waals surface area contributed by atoms with Gasteiger partial charge >= 0.3 is 0 Å². The van der Waals surface area contributed by atoms with E-state index in [4.69, 9.17) is 10.5 Å². The van der Waals surface area contributed by atoms with Gasteiger partial charge in [-0.2, -0.15) is 0 Å². The summed E-state index contributed by atoms with van der Waals surface area (Å²) >= 11 is 0. The number of ether oxygens (including phenoxy) is 1. The minimum Gasteiger partial charge on any atom is -0.384 e. The third-order valence-electron chi connectivity index (χ3n) is 2.29. The van der Waals surface area contributed by atoms with Gasteiger partial charge in [0.1, 0.15) is 17.5 Å². The number of rotatable bonds is 7. The van der Waals surface area contributed by atoms with Crippen LogP contribution in [0.2, 0.25) is 0 Å². The number of hydrogen-bond donors (Lipinski definition) is 2. The molecule has 1 atom stereocenters. The summed E-state index contributed by atoms with van der Waals surface area (Å²) in [5.41, 5.74) is 5.73. The van der Waals surface area contributed by atoms with Gasteiger partial charge in [0.25, 0.3) is 0 Å². The Balaban J connectivity index is 2.57. The molecular weight excluding hydrogens is 216 g/mol. The fourth-order valence-electron chi connectivity index (χ4n) is 1.54. The first kappa shape index (κ1) is 13.7. The summed E-state index contributed by atoms with van der Waals surface area (Å²) in [6, 6.07) is 1.75. The second kappa shape index (κ2) is 7.06. The van der Waals surface area contributed by atoms with E-state index < -0.39 is 0 Å². The average Bonchev–Trinajstić information content (AvgIpc) is 2.26. The number of aromatic nitrogens is 2. The number of nitrogens with zero attached hydrogens (tertiary/aromatic N) is 2. The van der Waals surface area contributed by atoms with Crippen LogP contribution in [0.4, 0.5) is 11.6 Å². The van der Waals surface area contributed by atoms with Crippen molar-refractivity contribution in [2.75, 3.05) is 24.2 Å². The first-order valence-electron chi connectivity index (χ1n) is 6.14. The molecule has 5 heteroatoms. The average molecular weight is 238 g/mol. The molecule has 0 amide bonds. The van der Waals surface area contributed by atoms with Gasteiger partial charge in [-0.3, -0.25) is 0 Å². The fraction of sp³-hybridized carbons (Fsp3) is 0.667. The van der Waals surface area contributed by atoms with E-state index in [1.165, 1.54) is 0 Å². The van der Waals surface area contributed by atoms with Gasteiger partial charge < -0.3 is 15.8 Å². The second-order valence-corrected chi connectivity index (χ2v) is 3.99. The number of aryl methyl sites for hydroxylation is 1. The minimum absolute atomic E-state index is 0.158. The molecule has 0 saturated carbocycles. The summed E-state index contributed by atoms with van der Waals surface area (Å²) < 4.78 is 5.43. The monoisotopic (exact) mass is 238 g/mol. The van der Waals surface area contributed by atoms with Crippen molar-refractivity contribution in [1.82, 2.24) is 9.97 Å². The molecule has 0 bridgehead atoms. The van der Waals surface area contributed by atoms with Crippen molar-refractivity contribution in [3.63, 3.8) is 0 Å². The molecule has 3 N–H and O–H groups in total. The number of nitrogen functional groups attached to an aromatic ring is 1. The van der Waals surface area contributed by atoms with Crippen LogP contribution in [0, 0.1) is 0 Å². The SMILES string of the molecule is CCCc1nc(N)cc(NCC(C)OCC)n1. The standard InChI is InChI=1S/C12H22N4O/c1-4-6-11-15-10(13)7-12(16-11)14-8-9(3)17-5-2/h7,9H,4-6,8H2,1-3H3,(H3,13,14,15,16). The van der Waals surface area contributed by atoms with Gasteiger partial charge in [0.15, 0.2) is 0 Å². The van der Waals surface area contributed by atoms with Gasteiger partial charge in [-0.15, -0.1) is 0 Å². The third kappa shape index (κ3) is 4.99. The van der Waals surface area contributed by atoms with E-state index in [1.807, 2.05) is 13.8 Å². The van der Waals surface area contributed by atoms with Crippen LogP contribution in [0.15, 0.2) is 6.07 Å². The van der Waals surface area contributed by atoms with E-state index in [0.717, 1.165) is 37.6 Å². The largest absolute Gasteiger partial charge is 0.384 e. The molecule has 5 nitrogen and oxygen atoms in total. The highest BCUT2D eigenvalue weighted by molar-refractivity contribution is 5.44. The van der Waals surface area contributed by atoms with Crippen LogP contribution < -0.4 is 11.1 Å². The molecule has 0 spiro atoms. The predicted molar refractivity (Wildman–Crippen MR) is 70.0 cm³/mol. The highest BCUT2D eigenvalue weighted by Gasteiger charge is 2.04. The first-order chi connectivity index (χ1) is 8.15. The van der Waals surface area contributed by atoms with E-state index in [0.29, 0.717) is 5.82 Å². The summed E-state index contributed by atoms with van der Waals surface area (Å²) in [5, 5.41) is 3.21. The van der Waals surface area contributed by atoms with Crippen LogP contribution in [0.1, 0.15) is 33.0 Å². The maximum atomic E-state index is 5.73. The molecule has 0 radical (unpaired) electrons. The Bertz CT molecular complexity index is 343. The van der Waals surface area contributed by atoms with Crippen molar-refractivity contribution in [3.8, 4) is 0 Å². The Hall–Kier alpha value is -1.36. The zero-order valence-corrected chi connectivity index (χ0v) is 10.9. The quantitative estimate of drug-likeness (QED) is 0.758. The van der Waals surface area contributed by atoms with E-state index in [2.05, 4.69) is 22.2 Å². The van der Waals surface area contributed by atoms with Crippen molar-refractivity contribution in [1.29, 1.82) is 0 Å². The van der Waals surface area contributed by atoms with Crippen LogP contribution in [-0.2, 0) is 11.2 Å². The maximum absolute atomic E-state index is 5.73. The zero-order chi connectivity index (χ0) is 12.7. The lowest BCUT2D eigenvalue weighted by Gasteiger charge is -2.13. The van der Waals surface area contributed by atoms with Gasteiger partial charge in [0.2, 0.25) is 0 Å². The van der Waals surface area contributed by atoms with Gasteiger partial charge in [-0.25, -0.2) is 9.97 Å². The third-order valence-corrected chi connectivity index (χ3v) is 2.29. The zero-order valence-electron chi connectivity index (χ0n) is 10.9. The summed E-state index contributed by atoms with van der Waals surface area (Å²) in [7, 11) is 0. The van der Waals surface area contributed by atoms with Crippen LogP contribution >= 0.6 is 0 Å². The normalized spacial score (nSPS) is 12.4. The first-order valence-corrected chi connectivity index (χ1v) is 6.14. The Morgan fingerprint density at radius 1 is 1.41 bits per heavy atom. The molecule has 1 heterocycles. The van der Waals surface area contributed by atoms with E-state index in [1.54, 1.807) is 6.07 Å². The van der Waals surface area contributed by atoms with Gasteiger partial charge in [-0.1, -0.05) is 6.92 Å². The molecule has 1 aromatic rings. The lowest BCUT2D eigenvalue weighted by atomic mass is 10.3. The molecule has 0 aliphatic carbocycles. The van der Waals surface area contributed by atoms with Crippen LogP contribution in [0.25, 0.3) is 0 Å². The molecule has 17 heavy (non-hydrogen) atoms. The summed E-state index contributed by atoms with van der Waals surface area (Å²) in [5.74, 6) is 2.07. The Labute approximate surface area is 103 Å². The Morgan fingerprint density at radius 3 is 2.82 bits per heavy atom. The molecule has 0 aromatic carbocycles. The van der Waals surface area contributed by atoms with Crippen molar-refractivity contribution in [2.45, 2.75) is 39.7 Å². The molecule has 1 unspecified atom stereocenters. The lowest BCUT2D eigenvalue weighted by Crippen LogP contribution is -2.20. The van der Waals surface area contributed by atoms with Gasteiger partial charge in [0, 0.05) is 25.6 Å². The summed E-state index contributed by atoms with van der Waals surface area (Å²) in [6.45, 7) is 7.54. The Morgan fingerprint density at radius 2 is 2.18 bits per heavy atom. The van der Waals surface area contributed by atoms with E-state index in [-0.39, 0.29) is 6.10 Å². The number of nitrogens with two attached hydrogens (primary N) is 1. The Kier molecular flexibility index (Phi) is 5.69. The molecule has 1 aromatic heterocycles. The molecular formula is C12H22N4O. The van der Waals surface area contributed by atoms with Crippen molar-refractivity contribution in [2.24, 2.45) is 0 Å². The maximum Gasteiger partial charge on any atom is 0.133 e.